The molecule has 0 aliphatic rings. The zero-order valence-electron chi connectivity index (χ0n) is 15.6. The van der Waals surface area contributed by atoms with Crippen molar-refractivity contribution in [2.45, 2.75) is 117 Å². The van der Waals surface area contributed by atoms with Gasteiger partial charge in [-0.1, -0.05) is 91.9 Å². The average Bonchev–Trinajstić information content (AvgIpc) is 2.50. The van der Waals surface area contributed by atoms with Crippen LogP contribution in [0.3, 0.4) is 0 Å². The van der Waals surface area contributed by atoms with Crippen LogP contribution in [0.25, 0.3) is 0 Å². The monoisotopic (exact) mass is 297 g/mol. The molecule has 0 heterocycles. The summed E-state index contributed by atoms with van der Waals surface area (Å²) >= 11 is 0. The van der Waals surface area contributed by atoms with Gasteiger partial charge < -0.3 is 5.32 Å². The number of unbranched alkanes of at least 4 members (excludes halogenated alkanes) is 9. The SMILES string of the molecule is CCCCCCCCCCCCC(C)C(CC)NCCC. The van der Waals surface area contributed by atoms with Gasteiger partial charge in [-0.2, -0.15) is 0 Å². The van der Waals surface area contributed by atoms with Gasteiger partial charge in [-0.15, -0.1) is 0 Å². The van der Waals surface area contributed by atoms with E-state index in [1.165, 1.54) is 90.0 Å². The molecule has 0 aromatic heterocycles. The summed E-state index contributed by atoms with van der Waals surface area (Å²) in [7, 11) is 0. The first-order chi connectivity index (χ1) is 10.3. The topological polar surface area (TPSA) is 12.0 Å². The van der Waals surface area contributed by atoms with E-state index in [4.69, 9.17) is 0 Å². The summed E-state index contributed by atoms with van der Waals surface area (Å²) in [6, 6.07) is 0.739. The molecule has 0 saturated carbocycles. The fourth-order valence-electron chi connectivity index (χ4n) is 3.23. The maximum absolute atomic E-state index is 3.70. The standard InChI is InChI=1S/C20H43N/c1-5-8-9-10-11-12-13-14-15-16-17-19(4)20(7-3)21-18-6-2/h19-21H,5-18H2,1-4H3. The molecule has 0 fully saturated rings. The van der Waals surface area contributed by atoms with Gasteiger partial charge in [0.1, 0.15) is 0 Å². The van der Waals surface area contributed by atoms with E-state index in [1.54, 1.807) is 0 Å². The summed E-state index contributed by atoms with van der Waals surface area (Å²) in [6.45, 7) is 10.5. The van der Waals surface area contributed by atoms with Crippen molar-refractivity contribution in [2.24, 2.45) is 5.92 Å². The first-order valence-corrected chi connectivity index (χ1v) is 9.99. The Balaban J connectivity index is 3.36. The Morgan fingerprint density at radius 3 is 1.67 bits per heavy atom. The lowest BCUT2D eigenvalue weighted by Gasteiger charge is -2.24. The molecular formula is C20H43N. The van der Waals surface area contributed by atoms with Gasteiger partial charge in [0.2, 0.25) is 0 Å². The van der Waals surface area contributed by atoms with E-state index in [-0.39, 0.29) is 0 Å². The summed E-state index contributed by atoms with van der Waals surface area (Å²) in [6.07, 6.45) is 18.4. The first kappa shape index (κ1) is 21.0. The van der Waals surface area contributed by atoms with Gasteiger partial charge in [0, 0.05) is 6.04 Å². The summed E-state index contributed by atoms with van der Waals surface area (Å²) < 4.78 is 0. The van der Waals surface area contributed by atoms with Crippen molar-refractivity contribution >= 4 is 0 Å². The lowest BCUT2D eigenvalue weighted by atomic mass is 9.93. The van der Waals surface area contributed by atoms with Crippen LogP contribution in [0, 0.1) is 5.92 Å². The summed E-state index contributed by atoms with van der Waals surface area (Å²) in [5, 5.41) is 3.70. The second kappa shape index (κ2) is 16.3. The van der Waals surface area contributed by atoms with Gasteiger partial charge in [0.15, 0.2) is 0 Å². The van der Waals surface area contributed by atoms with Crippen molar-refractivity contribution in [2.75, 3.05) is 6.54 Å². The smallest absolute Gasteiger partial charge is 0.00900 e. The van der Waals surface area contributed by atoms with Crippen LogP contribution in [0.15, 0.2) is 0 Å². The molecule has 2 atom stereocenters. The summed E-state index contributed by atoms with van der Waals surface area (Å²) in [5.41, 5.74) is 0. The first-order valence-electron chi connectivity index (χ1n) is 9.99. The Hall–Kier alpha value is -0.0400. The Kier molecular flexibility index (Phi) is 16.3. The Morgan fingerprint density at radius 1 is 0.667 bits per heavy atom. The zero-order chi connectivity index (χ0) is 15.8. The van der Waals surface area contributed by atoms with Crippen LogP contribution < -0.4 is 5.32 Å². The third-order valence-corrected chi connectivity index (χ3v) is 4.80. The zero-order valence-corrected chi connectivity index (χ0v) is 15.6. The predicted octanol–water partition coefficient (Wildman–Crippen LogP) is 6.71. The molecule has 0 aromatic carbocycles. The Bertz CT molecular complexity index is 190. The quantitative estimate of drug-likeness (QED) is 0.312. The maximum atomic E-state index is 3.70. The molecule has 0 amide bonds. The second-order valence-corrected chi connectivity index (χ2v) is 6.92. The fourth-order valence-corrected chi connectivity index (χ4v) is 3.23. The predicted molar refractivity (Wildman–Crippen MR) is 98.0 cm³/mol. The second-order valence-electron chi connectivity index (χ2n) is 6.92. The third kappa shape index (κ3) is 13.4. The fraction of sp³-hybridized carbons (Fsp3) is 1.00. The molecule has 0 aliphatic carbocycles. The molecule has 0 spiro atoms. The highest BCUT2D eigenvalue weighted by atomic mass is 14.9. The molecule has 128 valence electrons. The Labute approximate surface area is 135 Å². The van der Waals surface area contributed by atoms with E-state index in [0.29, 0.717) is 0 Å². The number of hydrogen-bond acceptors (Lipinski definition) is 1. The molecule has 0 saturated heterocycles. The number of hydrogen-bond donors (Lipinski definition) is 1. The van der Waals surface area contributed by atoms with E-state index in [1.807, 2.05) is 0 Å². The van der Waals surface area contributed by atoms with Gasteiger partial charge in [0.05, 0.1) is 0 Å². The highest BCUT2D eigenvalue weighted by Gasteiger charge is 2.13. The normalized spacial score (nSPS) is 14.3. The minimum atomic E-state index is 0.739. The van der Waals surface area contributed by atoms with Gasteiger partial charge in [0.25, 0.3) is 0 Å². The molecule has 0 aromatic rings. The highest BCUT2D eigenvalue weighted by molar-refractivity contribution is 4.71. The minimum absolute atomic E-state index is 0.739. The number of nitrogens with one attached hydrogen (secondary N) is 1. The van der Waals surface area contributed by atoms with Gasteiger partial charge >= 0.3 is 0 Å². The molecule has 1 N–H and O–H groups in total. The average molecular weight is 298 g/mol. The molecule has 1 nitrogen and oxygen atoms in total. The van der Waals surface area contributed by atoms with Gasteiger partial charge in [-0.05, 0) is 31.7 Å². The lowest BCUT2D eigenvalue weighted by Crippen LogP contribution is -2.34. The van der Waals surface area contributed by atoms with E-state index in [2.05, 4.69) is 33.0 Å². The molecule has 1 heteroatoms. The van der Waals surface area contributed by atoms with Crippen molar-refractivity contribution in [1.29, 1.82) is 0 Å². The summed E-state index contributed by atoms with van der Waals surface area (Å²) in [4.78, 5) is 0. The highest BCUT2D eigenvalue weighted by Crippen LogP contribution is 2.17. The van der Waals surface area contributed by atoms with E-state index in [0.717, 1.165) is 12.0 Å². The van der Waals surface area contributed by atoms with Crippen LogP contribution in [-0.2, 0) is 0 Å². The van der Waals surface area contributed by atoms with E-state index in [9.17, 15) is 0 Å². The molecule has 0 radical (unpaired) electrons. The maximum Gasteiger partial charge on any atom is 0.00900 e. The molecule has 0 bridgehead atoms. The van der Waals surface area contributed by atoms with Crippen LogP contribution in [-0.4, -0.2) is 12.6 Å². The molecular weight excluding hydrogens is 254 g/mol. The number of rotatable bonds is 16. The van der Waals surface area contributed by atoms with E-state index >= 15 is 0 Å². The van der Waals surface area contributed by atoms with Crippen LogP contribution in [0.5, 0.6) is 0 Å². The van der Waals surface area contributed by atoms with Crippen molar-refractivity contribution in [3.05, 3.63) is 0 Å². The summed E-state index contributed by atoms with van der Waals surface area (Å²) in [5.74, 6) is 0.843. The largest absolute Gasteiger partial charge is 0.314 e. The van der Waals surface area contributed by atoms with Crippen LogP contribution in [0.4, 0.5) is 0 Å². The van der Waals surface area contributed by atoms with Crippen molar-refractivity contribution in [3.8, 4) is 0 Å². The van der Waals surface area contributed by atoms with Crippen molar-refractivity contribution < 1.29 is 0 Å². The molecule has 0 rings (SSSR count). The Morgan fingerprint density at radius 2 is 1.19 bits per heavy atom. The molecule has 2 unspecified atom stereocenters. The van der Waals surface area contributed by atoms with Crippen LogP contribution in [0.2, 0.25) is 0 Å². The lowest BCUT2D eigenvalue weighted by molar-refractivity contribution is 0.338. The third-order valence-electron chi connectivity index (χ3n) is 4.80. The minimum Gasteiger partial charge on any atom is -0.314 e. The molecule has 21 heavy (non-hydrogen) atoms. The van der Waals surface area contributed by atoms with Crippen LogP contribution >= 0.6 is 0 Å². The van der Waals surface area contributed by atoms with Gasteiger partial charge in [-0.25, -0.2) is 0 Å². The molecule has 0 aliphatic heterocycles. The van der Waals surface area contributed by atoms with Gasteiger partial charge in [-0.3, -0.25) is 0 Å². The van der Waals surface area contributed by atoms with Crippen molar-refractivity contribution in [1.82, 2.24) is 5.32 Å². The van der Waals surface area contributed by atoms with E-state index < -0.39 is 0 Å². The van der Waals surface area contributed by atoms with Crippen molar-refractivity contribution in [3.63, 3.8) is 0 Å². The van der Waals surface area contributed by atoms with Crippen LogP contribution in [0.1, 0.15) is 111 Å².